The number of hydrogen-bond donors (Lipinski definition) is 0. The van der Waals surface area contributed by atoms with Gasteiger partial charge in [0, 0.05) is 31.1 Å². The summed E-state index contributed by atoms with van der Waals surface area (Å²) in [5.41, 5.74) is -0.0721. The number of piperazine rings is 1. The van der Waals surface area contributed by atoms with E-state index in [1.807, 2.05) is 24.3 Å². The van der Waals surface area contributed by atoms with E-state index in [0.717, 1.165) is 26.9 Å². The van der Waals surface area contributed by atoms with Gasteiger partial charge in [0.2, 0.25) is 15.9 Å². The first-order valence-corrected chi connectivity index (χ1v) is 12.2. The second-order valence-corrected chi connectivity index (χ2v) is 10.9. The van der Waals surface area contributed by atoms with E-state index in [9.17, 15) is 26.4 Å². The summed E-state index contributed by atoms with van der Waals surface area (Å²) < 4.78 is 66.2. The van der Waals surface area contributed by atoms with Crippen LogP contribution < -0.4 is 0 Å². The molecule has 2 aromatic carbocycles. The third-order valence-electron chi connectivity index (χ3n) is 5.35. The van der Waals surface area contributed by atoms with Crippen molar-refractivity contribution in [3.63, 3.8) is 0 Å². The van der Waals surface area contributed by atoms with E-state index in [1.165, 1.54) is 11.8 Å². The number of hydrogen-bond acceptors (Lipinski definition) is 4. The monoisotopic (exact) mass is 490 g/mol. The summed E-state index contributed by atoms with van der Waals surface area (Å²) in [6, 6.07) is 10.4. The first-order chi connectivity index (χ1) is 14.6. The van der Waals surface area contributed by atoms with Gasteiger partial charge in [0.1, 0.15) is 0 Å². The summed E-state index contributed by atoms with van der Waals surface area (Å²) in [6.45, 7) is 0.404. The third-order valence-corrected chi connectivity index (χ3v) is 8.88. The average Bonchev–Trinajstić information content (AvgIpc) is 3.17. The van der Waals surface area contributed by atoms with Crippen molar-refractivity contribution < 1.29 is 26.4 Å². The summed E-state index contributed by atoms with van der Waals surface area (Å²) in [5, 5.41) is -0.803. The van der Waals surface area contributed by atoms with Gasteiger partial charge >= 0.3 is 6.18 Å². The maximum Gasteiger partial charge on any atom is 0.417 e. The Kier molecular flexibility index (Phi) is 6.01. The molecular formula is C20H18ClF3N2O3S2. The number of amides is 1. The molecule has 0 unspecified atom stereocenters. The van der Waals surface area contributed by atoms with Crippen LogP contribution in [0.5, 0.6) is 0 Å². The molecule has 2 heterocycles. The lowest BCUT2D eigenvalue weighted by Gasteiger charge is -2.35. The van der Waals surface area contributed by atoms with E-state index >= 15 is 0 Å². The number of thioether (sulfide) groups is 1. The number of rotatable bonds is 3. The molecule has 0 spiro atoms. The van der Waals surface area contributed by atoms with Crippen LogP contribution >= 0.6 is 23.4 Å². The fourth-order valence-electron chi connectivity index (χ4n) is 3.70. The SMILES string of the molecule is O=C([C@H]1Cc2ccccc2S1)N1CCN(S(=O)(=O)c2ccc(Cl)c(C(F)(F)F)c2)CC1. The number of carbonyl (C=O) groups excluding carboxylic acids is 1. The van der Waals surface area contributed by atoms with Crippen LogP contribution in [-0.2, 0) is 27.4 Å². The number of nitrogens with zero attached hydrogens (tertiary/aromatic N) is 2. The Bertz CT molecular complexity index is 1090. The molecule has 31 heavy (non-hydrogen) atoms. The molecule has 2 aliphatic rings. The molecule has 11 heteroatoms. The average molecular weight is 491 g/mol. The zero-order chi connectivity index (χ0) is 22.4. The quantitative estimate of drug-likeness (QED) is 0.654. The topological polar surface area (TPSA) is 57.7 Å². The van der Waals surface area contributed by atoms with Gasteiger partial charge in [0.25, 0.3) is 0 Å². The van der Waals surface area contributed by atoms with Crippen LogP contribution in [0.25, 0.3) is 0 Å². The number of alkyl halides is 3. The molecule has 1 atom stereocenters. The molecule has 2 aromatic rings. The molecule has 0 saturated carbocycles. The molecule has 0 N–H and O–H groups in total. The minimum absolute atomic E-state index is 0.0163. The van der Waals surface area contributed by atoms with Gasteiger partial charge in [-0.2, -0.15) is 17.5 Å². The van der Waals surface area contributed by atoms with Gasteiger partial charge in [0.15, 0.2) is 0 Å². The number of sulfonamides is 1. The standard InChI is InChI=1S/C20H18ClF3N2O3S2/c21-16-6-5-14(12-15(16)20(22,23)24)31(28,29)26-9-7-25(8-10-26)19(27)18-11-13-3-1-2-4-17(13)30-18/h1-6,12,18H,7-11H2/t18-/m1/s1. The Morgan fingerprint density at radius 1 is 1.06 bits per heavy atom. The predicted molar refractivity (Wildman–Crippen MR) is 112 cm³/mol. The smallest absolute Gasteiger partial charge is 0.339 e. The predicted octanol–water partition coefficient (Wildman–Crippen LogP) is 3.91. The van der Waals surface area contributed by atoms with E-state index in [0.29, 0.717) is 12.5 Å². The highest BCUT2D eigenvalue weighted by atomic mass is 35.5. The Morgan fingerprint density at radius 3 is 2.39 bits per heavy atom. The van der Waals surface area contributed by atoms with Crippen molar-refractivity contribution in [2.24, 2.45) is 0 Å². The second-order valence-electron chi connectivity index (χ2n) is 7.29. The Morgan fingerprint density at radius 2 is 1.74 bits per heavy atom. The van der Waals surface area contributed by atoms with E-state index < -0.39 is 31.7 Å². The first-order valence-electron chi connectivity index (χ1n) is 9.47. The van der Waals surface area contributed by atoms with Crippen LogP contribution in [0, 0.1) is 0 Å². The van der Waals surface area contributed by atoms with Crippen molar-refractivity contribution in [2.75, 3.05) is 26.2 Å². The molecule has 0 radical (unpaired) electrons. The van der Waals surface area contributed by atoms with Gasteiger partial charge in [-0.05, 0) is 36.2 Å². The molecule has 1 saturated heterocycles. The number of benzene rings is 2. The van der Waals surface area contributed by atoms with Gasteiger partial charge in [-0.25, -0.2) is 8.42 Å². The Labute approximate surface area is 187 Å². The van der Waals surface area contributed by atoms with E-state index in [1.54, 1.807) is 4.90 Å². The lowest BCUT2D eigenvalue weighted by molar-refractivity contribution is -0.137. The van der Waals surface area contributed by atoms with Crippen LogP contribution in [-0.4, -0.2) is 55.0 Å². The molecular weight excluding hydrogens is 473 g/mol. The summed E-state index contributed by atoms with van der Waals surface area (Å²) in [6.07, 6.45) is -4.13. The van der Waals surface area contributed by atoms with Crippen molar-refractivity contribution in [2.45, 2.75) is 27.6 Å². The minimum atomic E-state index is -4.76. The summed E-state index contributed by atoms with van der Waals surface area (Å²) in [5.74, 6) is -0.0518. The second kappa shape index (κ2) is 8.31. The highest BCUT2D eigenvalue weighted by molar-refractivity contribution is 8.01. The van der Waals surface area contributed by atoms with Crippen molar-refractivity contribution in [3.05, 3.63) is 58.6 Å². The molecule has 2 aliphatic heterocycles. The van der Waals surface area contributed by atoms with Crippen molar-refractivity contribution in [3.8, 4) is 0 Å². The zero-order valence-electron chi connectivity index (χ0n) is 16.1. The third kappa shape index (κ3) is 4.44. The highest BCUT2D eigenvalue weighted by Crippen LogP contribution is 2.38. The van der Waals surface area contributed by atoms with Gasteiger partial charge in [-0.15, -0.1) is 11.8 Å². The lowest BCUT2D eigenvalue weighted by Crippen LogP contribution is -2.52. The summed E-state index contributed by atoms with van der Waals surface area (Å²) in [4.78, 5) is 15.1. The molecule has 5 nitrogen and oxygen atoms in total. The maximum atomic E-state index is 13.1. The van der Waals surface area contributed by atoms with Crippen LogP contribution in [0.2, 0.25) is 5.02 Å². The van der Waals surface area contributed by atoms with E-state index in [-0.39, 0.29) is 37.3 Å². The summed E-state index contributed by atoms with van der Waals surface area (Å²) >= 11 is 7.10. The Balaban J connectivity index is 1.43. The molecule has 0 aliphatic carbocycles. The van der Waals surface area contributed by atoms with E-state index in [4.69, 9.17) is 11.6 Å². The fraction of sp³-hybridized carbons (Fsp3) is 0.350. The largest absolute Gasteiger partial charge is 0.417 e. The van der Waals surface area contributed by atoms with Crippen LogP contribution in [0.15, 0.2) is 52.3 Å². The van der Waals surface area contributed by atoms with Crippen molar-refractivity contribution >= 4 is 39.3 Å². The molecule has 166 valence electrons. The Hall–Kier alpha value is -1.75. The molecule has 1 fully saturated rings. The van der Waals surface area contributed by atoms with Crippen molar-refractivity contribution in [1.29, 1.82) is 0 Å². The number of fused-ring (bicyclic) bond motifs is 1. The van der Waals surface area contributed by atoms with Crippen LogP contribution in [0.3, 0.4) is 0 Å². The zero-order valence-corrected chi connectivity index (χ0v) is 18.5. The van der Waals surface area contributed by atoms with Crippen molar-refractivity contribution in [1.82, 2.24) is 9.21 Å². The highest BCUT2D eigenvalue weighted by Gasteiger charge is 2.38. The molecule has 1 amide bonds. The molecule has 0 aromatic heterocycles. The normalized spacial score (nSPS) is 20.0. The lowest BCUT2D eigenvalue weighted by atomic mass is 10.1. The maximum absolute atomic E-state index is 13.1. The molecule has 0 bridgehead atoms. The number of carbonyl (C=O) groups is 1. The number of halogens is 4. The minimum Gasteiger partial charge on any atom is -0.339 e. The molecule has 4 rings (SSSR count). The fourth-order valence-corrected chi connectivity index (χ4v) is 6.66. The summed E-state index contributed by atoms with van der Waals surface area (Å²) in [7, 11) is -4.14. The van der Waals surface area contributed by atoms with Crippen LogP contribution in [0.1, 0.15) is 11.1 Å². The van der Waals surface area contributed by atoms with E-state index in [2.05, 4.69) is 0 Å². The van der Waals surface area contributed by atoms with Gasteiger partial charge < -0.3 is 4.90 Å². The first kappa shape index (κ1) is 22.4. The van der Waals surface area contributed by atoms with Gasteiger partial charge in [-0.3, -0.25) is 4.79 Å². The van der Waals surface area contributed by atoms with Crippen LogP contribution in [0.4, 0.5) is 13.2 Å². The van der Waals surface area contributed by atoms with Gasteiger partial charge in [-0.1, -0.05) is 29.8 Å². The van der Waals surface area contributed by atoms with Gasteiger partial charge in [0.05, 0.1) is 20.7 Å².